The second kappa shape index (κ2) is 6.57. The second-order valence-electron chi connectivity index (χ2n) is 5.14. The number of hydrogen-bond acceptors (Lipinski definition) is 3. The molecule has 0 amide bonds. The molecule has 0 spiro atoms. The number of aliphatic hydroxyl groups excluding tert-OH is 1. The van der Waals surface area contributed by atoms with Crippen LogP contribution in [0, 0.1) is 0 Å². The number of hydrogen-bond donors (Lipinski definition) is 1. The number of para-hydroxylation sites is 1. The van der Waals surface area contributed by atoms with E-state index in [2.05, 4.69) is 12.0 Å². The number of nitrogens with zero attached hydrogens (tertiary/aromatic N) is 2. The highest BCUT2D eigenvalue weighted by atomic mass is 16.5. The normalized spacial score (nSPS) is 12.7. The maximum Gasteiger partial charge on any atom is 0.125 e. The summed E-state index contributed by atoms with van der Waals surface area (Å²) >= 11 is 0. The molecule has 0 radical (unpaired) electrons. The molecule has 0 aliphatic carbocycles. The summed E-state index contributed by atoms with van der Waals surface area (Å²) in [6, 6.07) is 7.59. The summed E-state index contributed by atoms with van der Waals surface area (Å²) in [5.41, 5.74) is 1.57. The van der Waals surface area contributed by atoms with Crippen LogP contribution in [0.4, 0.5) is 0 Å². The Morgan fingerprint density at radius 1 is 1.30 bits per heavy atom. The Balaban J connectivity index is 2.25. The lowest BCUT2D eigenvalue weighted by atomic mass is 10.0. The van der Waals surface area contributed by atoms with Gasteiger partial charge < -0.3 is 9.84 Å². The minimum absolute atomic E-state index is 0.0752. The smallest absolute Gasteiger partial charge is 0.125 e. The number of aliphatic hydroxyl groups is 1. The van der Waals surface area contributed by atoms with Crippen molar-refractivity contribution in [3.8, 4) is 5.75 Å². The van der Waals surface area contributed by atoms with Crippen molar-refractivity contribution >= 4 is 0 Å². The molecule has 2 aromatic rings. The number of ether oxygens (including phenoxy) is 1. The van der Waals surface area contributed by atoms with E-state index in [-0.39, 0.29) is 6.10 Å². The fraction of sp³-hybridized carbons (Fsp3) is 0.438. The van der Waals surface area contributed by atoms with Crippen LogP contribution < -0.4 is 4.74 Å². The Bertz CT molecular complexity index is 549. The first kappa shape index (κ1) is 14.6. The summed E-state index contributed by atoms with van der Waals surface area (Å²) in [7, 11) is 0. The average Bonchev–Trinajstić information content (AvgIpc) is 2.87. The van der Waals surface area contributed by atoms with Crippen LogP contribution in [0.5, 0.6) is 5.75 Å². The van der Waals surface area contributed by atoms with Gasteiger partial charge in [-0.05, 0) is 26.3 Å². The summed E-state index contributed by atoms with van der Waals surface area (Å²) in [4.78, 5) is 0. The Kier molecular flexibility index (Phi) is 4.79. The molecule has 2 rings (SSSR count). The molecule has 1 N–H and O–H groups in total. The zero-order chi connectivity index (χ0) is 14.5. The summed E-state index contributed by atoms with van der Waals surface area (Å²) in [6.07, 6.45) is 3.98. The molecule has 0 saturated heterocycles. The minimum atomic E-state index is -0.712. The van der Waals surface area contributed by atoms with Crippen LogP contribution in [0.15, 0.2) is 36.7 Å². The highest BCUT2D eigenvalue weighted by Crippen LogP contribution is 2.30. The largest absolute Gasteiger partial charge is 0.491 e. The molecule has 1 atom stereocenters. The summed E-state index contributed by atoms with van der Waals surface area (Å²) < 4.78 is 7.61. The van der Waals surface area contributed by atoms with Gasteiger partial charge in [-0.15, -0.1) is 0 Å². The molecule has 0 bridgehead atoms. The van der Waals surface area contributed by atoms with E-state index in [1.807, 2.05) is 49.0 Å². The van der Waals surface area contributed by atoms with Crippen LogP contribution in [-0.2, 0) is 6.54 Å². The third-order valence-electron chi connectivity index (χ3n) is 3.00. The van der Waals surface area contributed by atoms with Gasteiger partial charge in [0, 0.05) is 23.9 Å². The van der Waals surface area contributed by atoms with Crippen LogP contribution in [-0.4, -0.2) is 21.0 Å². The van der Waals surface area contributed by atoms with Gasteiger partial charge in [0.2, 0.25) is 0 Å². The van der Waals surface area contributed by atoms with Crippen molar-refractivity contribution in [2.75, 3.05) is 0 Å². The van der Waals surface area contributed by atoms with Gasteiger partial charge >= 0.3 is 0 Å². The average molecular weight is 274 g/mol. The van der Waals surface area contributed by atoms with E-state index in [9.17, 15) is 5.11 Å². The van der Waals surface area contributed by atoms with Gasteiger partial charge in [0.15, 0.2) is 0 Å². The molecule has 4 heteroatoms. The Morgan fingerprint density at radius 2 is 2.05 bits per heavy atom. The van der Waals surface area contributed by atoms with Gasteiger partial charge in [-0.25, -0.2) is 0 Å². The van der Waals surface area contributed by atoms with E-state index in [4.69, 9.17) is 4.74 Å². The van der Waals surface area contributed by atoms with Crippen molar-refractivity contribution < 1.29 is 9.84 Å². The standard InChI is InChI=1S/C16H22N2O2/c1-4-9-18-11-13(10-17-18)16(19)14-7-5-6-8-15(14)20-12(2)3/h5-8,10-12,16,19H,4,9H2,1-3H3. The lowest BCUT2D eigenvalue weighted by molar-refractivity contribution is 0.198. The predicted octanol–water partition coefficient (Wildman–Crippen LogP) is 3.16. The predicted molar refractivity (Wildman–Crippen MR) is 78.8 cm³/mol. The maximum atomic E-state index is 10.5. The summed E-state index contributed by atoms with van der Waals surface area (Å²) in [5.74, 6) is 0.721. The highest BCUT2D eigenvalue weighted by Gasteiger charge is 2.17. The lowest BCUT2D eigenvalue weighted by Gasteiger charge is -2.17. The van der Waals surface area contributed by atoms with Crippen LogP contribution in [0.2, 0.25) is 0 Å². The molecule has 4 nitrogen and oxygen atoms in total. The molecular formula is C16H22N2O2. The van der Waals surface area contributed by atoms with Gasteiger partial charge in [-0.3, -0.25) is 4.68 Å². The minimum Gasteiger partial charge on any atom is -0.491 e. The molecule has 1 unspecified atom stereocenters. The molecule has 0 saturated carbocycles. The fourth-order valence-electron chi connectivity index (χ4n) is 2.12. The number of aryl methyl sites for hydroxylation is 1. The van der Waals surface area contributed by atoms with E-state index in [1.54, 1.807) is 6.20 Å². The van der Waals surface area contributed by atoms with Crippen molar-refractivity contribution in [3.63, 3.8) is 0 Å². The third-order valence-corrected chi connectivity index (χ3v) is 3.00. The number of aromatic nitrogens is 2. The monoisotopic (exact) mass is 274 g/mol. The fourth-order valence-corrected chi connectivity index (χ4v) is 2.12. The number of benzene rings is 1. The van der Waals surface area contributed by atoms with E-state index >= 15 is 0 Å². The SMILES string of the molecule is CCCn1cc(C(O)c2ccccc2OC(C)C)cn1. The first-order valence-electron chi connectivity index (χ1n) is 7.07. The summed E-state index contributed by atoms with van der Waals surface area (Å²) in [6.45, 7) is 6.91. The number of rotatable bonds is 6. The lowest BCUT2D eigenvalue weighted by Crippen LogP contribution is -2.09. The third kappa shape index (κ3) is 3.39. The van der Waals surface area contributed by atoms with Gasteiger partial charge in [-0.2, -0.15) is 5.10 Å². The Labute approximate surface area is 120 Å². The quantitative estimate of drug-likeness (QED) is 0.880. The van der Waals surface area contributed by atoms with Crippen LogP contribution in [0.3, 0.4) is 0 Å². The molecule has 1 heterocycles. The topological polar surface area (TPSA) is 47.3 Å². The zero-order valence-corrected chi connectivity index (χ0v) is 12.3. The van der Waals surface area contributed by atoms with Gasteiger partial charge in [0.05, 0.1) is 12.3 Å². The Hall–Kier alpha value is -1.81. The van der Waals surface area contributed by atoms with Crippen molar-refractivity contribution in [3.05, 3.63) is 47.8 Å². The molecule has 0 fully saturated rings. The first-order chi connectivity index (χ1) is 9.61. The molecule has 0 aliphatic rings. The van der Waals surface area contributed by atoms with E-state index < -0.39 is 6.10 Å². The zero-order valence-electron chi connectivity index (χ0n) is 12.3. The van der Waals surface area contributed by atoms with Crippen LogP contribution >= 0.6 is 0 Å². The highest BCUT2D eigenvalue weighted by molar-refractivity contribution is 5.39. The van der Waals surface area contributed by atoms with Crippen LogP contribution in [0.1, 0.15) is 44.4 Å². The first-order valence-corrected chi connectivity index (χ1v) is 7.07. The molecule has 1 aromatic carbocycles. The van der Waals surface area contributed by atoms with Crippen molar-refractivity contribution in [2.45, 2.75) is 45.9 Å². The van der Waals surface area contributed by atoms with E-state index in [1.165, 1.54) is 0 Å². The van der Waals surface area contributed by atoms with Crippen molar-refractivity contribution in [2.24, 2.45) is 0 Å². The molecule has 1 aromatic heterocycles. The van der Waals surface area contributed by atoms with Gasteiger partial charge in [0.25, 0.3) is 0 Å². The van der Waals surface area contributed by atoms with Gasteiger partial charge in [-0.1, -0.05) is 25.1 Å². The van der Waals surface area contributed by atoms with Gasteiger partial charge in [0.1, 0.15) is 11.9 Å². The second-order valence-corrected chi connectivity index (χ2v) is 5.14. The summed E-state index contributed by atoms with van der Waals surface area (Å²) in [5, 5.41) is 14.8. The van der Waals surface area contributed by atoms with E-state index in [0.717, 1.165) is 29.8 Å². The maximum absolute atomic E-state index is 10.5. The molecule has 108 valence electrons. The van der Waals surface area contributed by atoms with Crippen molar-refractivity contribution in [1.29, 1.82) is 0 Å². The van der Waals surface area contributed by atoms with E-state index in [0.29, 0.717) is 0 Å². The Morgan fingerprint density at radius 3 is 2.75 bits per heavy atom. The molecule has 0 aliphatic heterocycles. The molecule has 20 heavy (non-hydrogen) atoms. The van der Waals surface area contributed by atoms with Crippen LogP contribution in [0.25, 0.3) is 0 Å². The van der Waals surface area contributed by atoms with Crippen molar-refractivity contribution in [1.82, 2.24) is 9.78 Å². The molecular weight excluding hydrogens is 252 g/mol.